The molecule has 0 radical (unpaired) electrons. The van der Waals surface area contributed by atoms with E-state index in [2.05, 4.69) is 61.3 Å². The molecule has 8 heteroatoms. The van der Waals surface area contributed by atoms with Gasteiger partial charge in [-0.15, -0.1) is 6.58 Å². The second-order valence-corrected chi connectivity index (χ2v) is 10.3. The Balaban J connectivity index is 2.05. The molecule has 2 aromatic rings. The zero-order valence-electron chi connectivity index (χ0n) is 21.5. The van der Waals surface area contributed by atoms with E-state index in [1.807, 2.05) is 19.9 Å². The minimum Gasteiger partial charge on any atom is -0.366 e. The molecular formula is C27H36N6O2. The highest BCUT2D eigenvalue weighted by atomic mass is 16.1. The van der Waals surface area contributed by atoms with Gasteiger partial charge >= 0.3 is 0 Å². The average Bonchev–Trinajstić information content (AvgIpc) is 2.73. The minimum atomic E-state index is -0.374. The van der Waals surface area contributed by atoms with Crippen molar-refractivity contribution in [2.75, 3.05) is 11.9 Å². The molecule has 0 saturated heterocycles. The third-order valence-electron chi connectivity index (χ3n) is 5.94. The number of hydrogen-bond acceptors (Lipinski definition) is 6. The van der Waals surface area contributed by atoms with Crippen molar-refractivity contribution >= 4 is 23.5 Å². The first-order valence-corrected chi connectivity index (χ1v) is 11.7. The smallest absolute Gasteiger partial charge is 0.253 e. The maximum atomic E-state index is 13.4. The number of aromatic amines is 1. The van der Waals surface area contributed by atoms with Crippen LogP contribution < -0.4 is 21.5 Å². The summed E-state index contributed by atoms with van der Waals surface area (Å²) in [7, 11) is 0. The Hall–Kier alpha value is -3.52. The van der Waals surface area contributed by atoms with Gasteiger partial charge < -0.3 is 26.3 Å². The van der Waals surface area contributed by atoms with Crippen molar-refractivity contribution in [2.24, 2.45) is 0 Å². The fourth-order valence-electron chi connectivity index (χ4n) is 4.80. The molecule has 0 bridgehead atoms. The van der Waals surface area contributed by atoms with E-state index in [4.69, 9.17) is 10.4 Å². The number of nitrogens with zero attached hydrogens (tertiary/aromatic N) is 1. The third kappa shape index (κ3) is 6.14. The lowest BCUT2D eigenvalue weighted by atomic mass is 9.82. The molecule has 1 amide bonds. The van der Waals surface area contributed by atoms with Crippen molar-refractivity contribution in [3.8, 4) is 0 Å². The van der Waals surface area contributed by atoms with Crippen LogP contribution in [0.15, 0.2) is 35.7 Å². The number of pyridine rings is 2. The van der Waals surface area contributed by atoms with Crippen LogP contribution in [0.3, 0.4) is 0 Å². The van der Waals surface area contributed by atoms with Gasteiger partial charge in [-0.25, -0.2) is 4.98 Å². The summed E-state index contributed by atoms with van der Waals surface area (Å²) in [4.78, 5) is 33.3. The van der Waals surface area contributed by atoms with E-state index < -0.39 is 0 Å². The van der Waals surface area contributed by atoms with Gasteiger partial charge in [0.2, 0.25) is 0 Å². The molecule has 0 aliphatic carbocycles. The SMILES string of the molecule is C=CCNc1nc(C2=CC(C)(C)NC(C)(C)C2)cc(C(=O)NCc2c(C)cc(C)[nH]c2=O)c1C=N. The molecule has 186 valence electrons. The van der Waals surface area contributed by atoms with Gasteiger partial charge in [-0.2, -0.15) is 0 Å². The third-order valence-corrected chi connectivity index (χ3v) is 5.94. The number of aryl methyl sites for hydroxylation is 2. The molecule has 8 nitrogen and oxygen atoms in total. The van der Waals surface area contributed by atoms with Crippen molar-refractivity contribution < 1.29 is 4.79 Å². The van der Waals surface area contributed by atoms with Crippen LogP contribution in [0.1, 0.15) is 72.6 Å². The summed E-state index contributed by atoms with van der Waals surface area (Å²) in [5.41, 5.74) is 3.88. The lowest BCUT2D eigenvalue weighted by Gasteiger charge is -2.41. The number of carbonyl (C=O) groups is 1. The first-order valence-electron chi connectivity index (χ1n) is 11.7. The molecule has 2 aromatic heterocycles. The van der Waals surface area contributed by atoms with Crippen LogP contribution in [0.2, 0.25) is 0 Å². The predicted octanol–water partition coefficient (Wildman–Crippen LogP) is 3.85. The summed E-state index contributed by atoms with van der Waals surface area (Å²) >= 11 is 0. The number of aromatic nitrogens is 2. The largest absolute Gasteiger partial charge is 0.366 e. The summed E-state index contributed by atoms with van der Waals surface area (Å²) in [6.45, 7) is 16.4. The fraction of sp³-hybridized carbons (Fsp3) is 0.407. The maximum absolute atomic E-state index is 13.4. The summed E-state index contributed by atoms with van der Waals surface area (Å²) in [5.74, 6) is 0.0724. The zero-order valence-corrected chi connectivity index (χ0v) is 21.5. The minimum absolute atomic E-state index is 0.0808. The highest BCUT2D eigenvalue weighted by Gasteiger charge is 2.33. The molecular weight excluding hydrogens is 440 g/mol. The highest BCUT2D eigenvalue weighted by Crippen LogP contribution is 2.34. The van der Waals surface area contributed by atoms with Gasteiger partial charge in [0.25, 0.3) is 11.5 Å². The average molecular weight is 477 g/mol. The van der Waals surface area contributed by atoms with E-state index >= 15 is 0 Å². The van der Waals surface area contributed by atoms with E-state index in [0.717, 1.165) is 29.5 Å². The molecule has 3 heterocycles. The number of hydrogen-bond donors (Lipinski definition) is 5. The van der Waals surface area contributed by atoms with Crippen LogP contribution in [-0.2, 0) is 6.54 Å². The lowest BCUT2D eigenvalue weighted by molar-refractivity contribution is 0.0950. The van der Waals surface area contributed by atoms with Crippen molar-refractivity contribution in [3.05, 3.63) is 74.9 Å². The van der Waals surface area contributed by atoms with E-state index in [-0.39, 0.29) is 29.1 Å². The molecule has 3 rings (SSSR count). The molecule has 0 aromatic carbocycles. The Morgan fingerprint density at radius 1 is 1.26 bits per heavy atom. The van der Waals surface area contributed by atoms with Gasteiger partial charge in [0, 0.05) is 47.2 Å². The highest BCUT2D eigenvalue weighted by molar-refractivity contribution is 6.05. The monoisotopic (exact) mass is 476 g/mol. The quantitative estimate of drug-likeness (QED) is 0.293. The van der Waals surface area contributed by atoms with Crippen LogP contribution >= 0.6 is 0 Å². The second-order valence-electron chi connectivity index (χ2n) is 10.3. The van der Waals surface area contributed by atoms with Crippen LogP contribution in [0.25, 0.3) is 5.57 Å². The molecule has 35 heavy (non-hydrogen) atoms. The van der Waals surface area contributed by atoms with Gasteiger partial charge in [0.15, 0.2) is 0 Å². The molecule has 0 fully saturated rings. The Labute approximate surface area is 206 Å². The molecule has 1 aliphatic heterocycles. The Kier molecular flexibility index (Phi) is 7.45. The second kappa shape index (κ2) is 10.00. The number of H-pyrrole nitrogens is 1. The van der Waals surface area contributed by atoms with Gasteiger partial charge in [-0.1, -0.05) is 12.2 Å². The number of carbonyl (C=O) groups excluding carboxylic acids is 1. The van der Waals surface area contributed by atoms with E-state index in [1.54, 1.807) is 12.1 Å². The van der Waals surface area contributed by atoms with Crippen molar-refractivity contribution in [3.63, 3.8) is 0 Å². The summed E-state index contributed by atoms with van der Waals surface area (Å²) in [6, 6.07) is 3.62. The van der Waals surface area contributed by atoms with E-state index in [9.17, 15) is 9.59 Å². The Morgan fingerprint density at radius 2 is 1.97 bits per heavy atom. The molecule has 0 saturated carbocycles. The number of anilines is 1. The van der Waals surface area contributed by atoms with Crippen LogP contribution in [-0.4, -0.2) is 39.7 Å². The van der Waals surface area contributed by atoms with Gasteiger partial charge in [0.1, 0.15) is 5.82 Å². The molecule has 0 unspecified atom stereocenters. The van der Waals surface area contributed by atoms with Crippen LogP contribution in [0.4, 0.5) is 5.82 Å². The van der Waals surface area contributed by atoms with Crippen molar-refractivity contribution in [1.29, 1.82) is 5.41 Å². The molecule has 5 N–H and O–H groups in total. The van der Waals surface area contributed by atoms with Crippen LogP contribution in [0.5, 0.6) is 0 Å². The molecule has 1 aliphatic rings. The van der Waals surface area contributed by atoms with Crippen molar-refractivity contribution in [2.45, 2.75) is 65.6 Å². The lowest BCUT2D eigenvalue weighted by Crippen LogP contribution is -2.53. The Morgan fingerprint density at radius 3 is 2.57 bits per heavy atom. The van der Waals surface area contributed by atoms with Gasteiger partial charge in [-0.3, -0.25) is 9.59 Å². The predicted molar refractivity (Wildman–Crippen MR) is 142 cm³/mol. The summed E-state index contributed by atoms with van der Waals surface area (Å²) < 4.78 is 0. The number of nitrogens with one attached hydrogen (secondary N) is 5. The normalized spacial score (nSPS) is 16.2. The zero-order chi connectivity index (χ0) is 26.0. The fourth-order valence-corrected chi connectivity index (χ4v) is 4.80. The van der Waals surface area contributed by atoms with Gasteiger partial charge in [-0.05, 0) is 71.2 Å². The number of amides is 1. The topological polar surface area (TPSA) is 123 Å². The molecule has 0 atom stereocenters. The summed E-state index contributed by atoms with van der Waals surface area (Å²) in [5, 5.41) is 17.6. The number of rotatable bonds is 8. The maximum Gasteiger partial charge on any atom is 0.253 e. The molecule has 0 spiro atoms. The standard InChI is InChI=1S/C27H36N6O2/c1-8-9-29-23-20(14-28)19(24(34)30-15-21-16(2)10-17(3)31-25(21)35)11-22(32-23)18-12-26(4,5)33-27(6,7)13-18/h8,10-12,14,28,33H,1,9,13,15H2,2-7H3,(H,29,32)(H,30,34)(H,31,35). The van der Waals surface area contributed by atoms with Gasteiger partial charge in [0.05, 0.1) is 11.3 Å². The Bertz CT molecular complexity index is 1250. The van der Waals surface area contributed by atoms with E-state index in [0.29, 0.717) is 34.7 Å². The summed E-state index contributed by atoms with van der Waals surface area (Å²) in [6.07, 6.45) is 5.70. The van der Waals surface area contributed by atoms with E-state index in [1.165, 1.54) is 0 Å². The first-order chi connectivity index (χ1) is 16.4. The van der Waals surface area contributed by atoms with Crippen molar-refractivity contribution in [1.82, 2.24) is 20.6 Å². The first kappa shape index (κ1) is 26.1. The van der Waals surface area contributed by atoms with Crippen LogP contribution in [0, 0.1) is 19.3 Å².